The first kappa shape index (κ1) is 27.4. The molecule has 4 aliphatic rings. The van der Waals surface area contributed by atoms with Crippen molar-refractivity contribution in [2.45, 2.75) is 136 Å². The molecule has 4 fully saturated rings. The summed E-state index contributed by atoms with van der Waals surface area (Å²) in [6, 6.07) is 2.68. The monoisotopic (exact) mass is 489 g/mol. The molecule has 4 rings (SSSR count). The molecule has 0 N–H and O–H groups in total. The Labute approximate surface area is 214 Å². The van der Waals surface area contributed by atoms with Crippen molar-refractivity contribution in [2.75, 3.05) is 13.2 Å². The quantitative estimate of drug-likeness (QED) is 0.303. The van der Waals surface area contributed by atoms with Crippen LogP contribution in [0.4, 0.5) is 0 Å². The highest BCUT2D eigenvalue weighted by molar-refractivity contribution is 5.21. The highest BCUT2D eigenvalue weighted by Gasteiger charge is 2.65. The molecule has 5 nitrogen and oxygen atoms in total. The molecule has 0 amide bonds. The fraction of sp³-hybridized carbons (Fsp3) is 0.967. The van der Waals surface area contributed by atoms with Gasteiger partial charge in [-0.2, -0.15) is 5.26 Å². The van der Waals surface area contributed by atoms with E-state index in [4.69, 9.17) is 18.9 Å². The Morgan fingerprint density at radius 1 is 0.829 bits per heavy atom. The predicted octanol–water partition coefficient (Wildman–Crippen LogP) is 7.24. The van der Waals surface area contributed by atoms with E-state index in [0.717, 1.165) is 49.4 Å². The molecule has 0 aromatic rings. The van der Waals surface area contributed by atoms with Crippen LogP contribution >= 0.6 is 0 Å². The molecule has 35 heavy (non-hydrogen) atoms. The summed E-state index contributed by atoms with van der Waals surface area (Å²) in [7, 11) is 0. The fourth-order valence-corrected chi connectivity index (χ4v) is 9.37. The third-order valence-corrected chi connectivity index (χ3v) is 10.7. The SMILES string of the molecule is CCC[C@@]1(OC(C)OCC)CC[C@@H]2C3CC[C@@]4(C)C(CCC4(C#N)OC(C)OCC)[C@@H]3CC[C@@H]2C1. The van der Waals surface area contributed by atoms with Gasteiger partial charge in [-0.05, 0) is 121 Å². The Kier molecular flexibility index (Phi) is 8.58. The van der Waals surface area contributed by atoms with Crippen molar-refractivity contribution >= 4 is 0 Å². The molecule has 4 aliphatic carbocycles. The molecule has 5 heteroatoms. The number of hydrogen-bond acceptors (Lipinski definition) is 5. The Morgan fingerprint density at radius 3 is 2.17 bits per heavy atom. The summed E-state index contributed by atoms with van der Waals surface area (Å²) in [5, 5.41) is 10.4. The van der Waals surface area contributed by atoms with Crippen LogP contribution in [0.15, 0.2) is 0 Å². The van der Waals surface area contributed by atoms with Crippen molar-refractivity contribution < 1.29 is 18.9 Å². The lowest BCUT2D eigenvalue weighted by Crippen LogP contribution is -2.56. The van der Waals surface area contributed by atoms with Crippen LogP contribution in [0, 0.1) is 46.3 Å². The first-order valence-electron chi connectivity index (χ1n) is 14.8. The average Bonchev–Trinajstić information content (AvgIpc) is 3.11. The first-order chi connectivity index (χ1) is 16.8. The van der Waals surface area contributed by atoms with Crippen molar-refractivity contribution in [1.29, 1.82) is 5.26 Å². The second-order valence-electron chi connectivity index (χ2n) is 12.3. The maximum absolute atomic E-state index is 10.4. The molecule has 0 radical (unpaired) electrons. The van der Waals surface area contributed by atoms with Crippen molar-refractivity contribution in [3.05, 3.63) is 0 Å². The first-order valence-corrected chi connectivity index (χ1v) is 14.8. The average molecular weight is 490 g/mol. The number of fused-ring (bicyclic) bond motifs is 5. The zero-order chi connectivity index (χ0) is 25.3. The second kappa shape index (κ2) is 11.0. The van der Waals surface area contributed by atoms with Crippen LogP contribution in [0.5, 0.6) is 0 Å². The number of rotatable bonds is 10. The lowest BCUT2D eigenvalue weighted by atomic mass is 9.48. The van der Waals surface area contributed by atoms with E-state index < -0.39 is 5.60 Å². The number of ether oxygens (including phenoxy) is 4. The zero-order valence-electron chi connectivity index (χ0n) is 23.3. The molecule has 0 aliphatic heterocycles. The third-order valence-electron chi connectivity index (χ3n) is 10.7. The molecule has 0 bridgehead atoms. The lowest BCUT2D eigenvalue weighted by molar-refractivity contribution is -0.234. The van der Waals surface area contributed by atoms with E-state index >= 15 is 0 Å². The summed E-state index contributed by atoms with van der Waals surface area (Å²) in [5.74, 6) is 3.71. The summed E-state index contributed by atoms with van der Waals surface area (Å²) < 4.78 is 24.6. The normalized spacial score (nSPS) is 44.5. The van der Waals surface area contributed by atoms with E-state index in [1.54, 1.807) is 0 Å². The minimum atomic E-state index is -0.708. The van der Waals surface area contributed by atoms with E-state index in [0.29, 0.717) is 19.1 Å². The zero-order valence-corrected chi connectivity index (χ0v) is 23.3. The van der Waals surface area contributed by atoms with Crippen LogP contribution in [0.25, 0.3) is 0 Å². The van der Waals surface area contributed by atoms with E-state index in [1.165, 1.54) is 44.9 Å². The molecular formula is C30H51NO4. The van der Waals surface area contributed by atoms with Gasteiger partial charge in [0, 0.05) is 18.6 Å². The second-order valence-corrected chi connectivity index (χ2v) is 12.3. The van der Waals surface area contributed by atoms with Crippen molar-refractivity contribution in [1.82, 2.24) is 0 Å². The van der Waals surface area contributed by atoms with Gasteiger partial charge in [-0.3, -0.25) is 0 Å². The Bertz CT molecular complexity index is 753. The van der Waals surface area contributed by atoms with Gasteiger partial charge in [-0.25, -0.2) is 0 Å². The van der Waals surface area contributed by atoms with Gasteiger partial charge in [-0.15, -0.1) is 0 Å². The topological polar surface area (TPSA) is 60.7 Å². The number of hydrogen-bond donors (Lipinski definition) is 0. The van der Waals surface area contributed by atoms with Gasteiger partial charge in [0.1, 0.15) is 0 Å². The van der Waals surface area contributed by atoms with E-state index in [2.05, 4.69) is 26.8 Å². The predicted molar refractivity (Wildman–Crippen MR) is 137 cm³/mol. The summed E-state index contributed by atoms with van der Waals surface area (Å²) in [5.41, 5.74) is -0.787. The van der Waals surface area contributed by atoms with Crippen LogP contribution in [-0.2, 0) is 18.9 Å². The van der Waals surface area contributed by atoms with Crippen LogP contribution < -0.4 is 0 Å². The highest BCUT2D eigenvalue weighted by Crippen LogP contribution is 2.66. The van der Waals surface area contributed by atoms with Crippen LogP contribution in [0.3, 0.4) is 0 Å². The maximum Gasteiger partial charge on any atom is 0.162 e. The summed E-state index contributed by atoms with van der Waals surface area (Å²) in [6.45, 7) is 14.0. The fourth-order valence-electron chi connectivity index (χ4n) is 9.37. The summed E-state index contributed by atoms with van der Waals surface area (Å²) in [4.78, 5) is 0. The largest absolute Gasteiger partial charge is 0.353 e. The molecule has 4 saturated carbocycles. The van der Waals surface area contributed by atoms with Crippen molar-refractivity contribution in [2.24, 2.45) is 35.0 Å². The van der Waals surface area contributed by atoms with Gasteiger partial charge in [-0.1, -0.05) is 20.3 Å². The molecule has 0 aromatic heterocycles. The van der Waals surface area contributed by atoms with Crippen molar-refractivity contribution in [3.63, 3.8) is 0 Å². The van der Waals surface area contributed by atoms with Crippen LogP contribution in [0.2, 0.25) is 0 Å². The third kappa shape index (κ3) is 4.95. The molecule has 200 valence electrons. The summed E-state index contributed by atoms with van der Waals surface area (Å²) in [6.07, 6.45) is 12.4. The van der Waals surface area contributed by atoms with Crippen LogP contribution in [0.1, 0.15) is 112 Å². The molecule has 0 aromatic carbocycles. The molecule has 10 atom stereocenters. The number of nitriles is 1. The Hall–Kier alpha value is -0.670. The molecule has 0 heterocycles. The smallest absolute Gasteiger partial charge is 0.162 e. The maximum atomic E-state index is 10.4. The van der Waals surface area contributed by atoms with E-state index in [1.807, 2.05) is 20.8 Å². The van der Waals surface area contributed by atoms with Gasteiger partial charge < -0.3 is 18.9 Å². The van der Waals surface area contributed by atoms with Gasteiger partial charge in [0.05, 0.1) is 11.7 Å². The standard InChI is InChI=1S/C30H51NO4/c1-7-15-29(34-21(4)32-8-2)17-13-24-23(19-29)10-11-26-25(24)12-16-28(6)27(26)14-18-30(28,20-31)35-22(5)33-9-3/h21-27H,7-19H2,1-6H3/t21?,22?,23-,24+,25?,26-,27?,28+,29-,30?/m1/s1. The Balaban J connectivity index is 1.48. The molecule has 0 saturated heterocycles. The van der Waals surface area contributed by atoms with Gasteiger partial charge >= 0.3 is 0 Å². The van der Waals surface area contributed by atoms with E-state index in [9.17, 15) is 5.26 Å². The van der Waals surface area contributed by atoms with Gasteiger partial charge in [0.2, 0.25) is 0 Å². The van der Waals surface area contributed by atoms with Gasteiger partial charge in [0.15, 0.2) is 18.2 Å². The Morgan fingerprint density at radius 2 is 1.51 bits per heavy atom. The summed E-state index contributed by atoms with van der Waals surface area (Å²) >= 11 is 0. The lowest BCUT2D eigenvalue weighted by Gasteiger charge is -2.58. The van der Waals surface area contributed by atoms with Crippen molar-refractivity contribution in [3.8, 4) is 6.07 Å². The minimum Gasteiger partial charge on any atom is -0.353 e. The number of nitrogens with zero attached hydrogens (tertiary/aromatic N) is 1. The molecule has 0 spiro atoms. The highest BCUT2D eigenvalue weighted by atomic mass is 16.7. The molecule has 5 unspecified atom stereocenters. The van der Waals surface area contributed by atoms with Gasteiger partial charge in [0.25, 0.3) is 0 Å². The molecular weight excluding hydrogens is 438 g/mol. The van der Waals surface area contributed by atoms with Crippen LogP contribution in [-0.4, -0.2) is 37.0 Å². The minimum absolute atomic E-state index is 0.00685. The van der Waals surface area contributed by atoms with E-state index in [-0.39, 0.29) is 23.6 Å².